The molecule has 0 saturated heterocycles. The average molecular weight is 347 g/mol. The molecule has 1 aromatic carbocycles. The van der Waals surface area contributed by atoms with Crippen molar-refractivity contribution < 1.29 is 27.1 Å². The van der Waals surface area contributed by atoms with E-state index in [2.05, 4.69) is 10.2 Å². The summed E-state index contributed by atoms with van der Waals surface area (Å²) in [6.45, 7) is -1.37. The van der Waals surface area contributed by atoms with Crippen LogP contribution in [0.4, 0.5) is 13.2 Å². The van der Waals surface area contributed by atoms with Gasteiger partial charge in [-0.25, -0.2) is 0 Å². The summed E-state index contributed by atoms with van der Waals surface area (Å²) in [7, 11) is 1.50. The van der Waals surface area contributed by atoms with Gasteiger partial charge in [0.15, 0.2) is 0 Å². The first kappa shape index (κ1) is 17.1. The number of benzene rings is 1. The third-order valence-electron chi connectivity index (χ3n) is 2.56. The van der Waals surface area contributed by atoms with E-state index in [4.69, 9.17) is 9.15 Å². The Kier molecular flexibility index (Phi) is 5.48. The monoisotopic (exact) mass is 347 g/mol. The van der Waals surface area contributed by atoms with Gasteiger partial charge in [-0.15, -0.1) is 10.2 Å². The number of alkyl halides is 3. The van der Waals surface area contributed by atoms with E-state index >= 15 is 0 Å². The fourth-order valence-corrected chi connectivity index (χ4v) is 2.17. The number of aromatic nitrogens is 2. The molecule has 0 saturated carbocycles. The summed E-state index contributed by atoms with van der Waals surface area (Å²) >= 11 is 0.848. The SMILES string of the molecule is COc1ccccc1-c1nnc(SCC(=O)NCC(F)(F)F)o1. The number of carbonyl (C=O) groups excluding carboxylic acids is 1. The van der Waals surface area contributed by atoms with E-state index in [-0.39, 0.29) is 16.9 Å². The number of hydrogen-bond acceptors (Lipinski definition) is 6. The number of carbonyl (C=O) groups is 1. The molecule has 0 bridgehead atoms. The normalized spacial score (nSPS) is 11.3. The lowest BCUT2D eigenvalue weighted by molar-refractivity contribution is -0.136. The van der Waals surface area contributed by atoms with Gasteiger partial charge in [-0.3, -0.25) is 4.79 Å². The largest absolute Gasteiger partial charge is 0.496 e. The van der Waals surface area contributed by atoms with Gasteiger partial charge < -0.3 is 14.5 Å². The second-order valence-corrected chi connectivity index (χ2v) is 5.18. The number of methoxy groups -OCH3 is 1. The van der Waals surface area contributed by atoms with Crippen LogP contribution in [0.1, 0.15) is 0 Å². The van der Waals surface area contributed by atoms with Crippen LogP contribution in [0.2, 0.25) is 0 Å². The third-order valence-corrected chi connectivity index (χ3v) is 3.38. The fourth-order valence-electron chi connectivity index (χ4n) is 1.58. The maximum Gasteiger partial charge on any atom is 0.405 e. The molecule has 0 aliphatic heterocycles. The first-order valence-electron chi connectivity index (χ1n) is 6.32. The molecule has 1 N–H and O–H groups in total. The van der Waals surface area contributed by atoms with E-state index in [0.717, 1.165) is 11.8 Å². The highest BCUT2D eigenvalue weighted by atomic mass is 32.2. The second kappa shape index (κ2) is 7.36. The molecule has 0 aliphatic rings. The minimum Gasteiger partial charge on any atom is -0.496 e. The topological polar surface area (TPSA) is 77.2 Å². The summed E-state index contributed by atoms with van der Waals surface area (Å²) in [4.78, 5) is 11.3. The van der Waals surface area contributed by atoms with Gasteiger partial charge >= 0.3 is 6.18 Å². The van der Waals surface area contributed by atoms with E-state index < -0.39 is 18.6 Å². The van der Waals surface area contributed by atoms with Crippen molar-refractivity contribution in [2.45, 2.75) is 11.4 Å². The Hall–Kier alpha value is -2.23. The van der Waals surface area contributed by atoms with E-state index in [1.54, 1.807) is 29.6 Å². The molecule has 2 aromatic rings. The van der Waals surface area contributed by atoms with E-state index in [1.165, 1.54) is 7.11 Å². The third kappa shape index (κ3) is 5.16. The maximum absolute atomic E-state index is 12.0. The lowest BCUT2D eigenvalue weighted by atomic mass is 10.2. The molecule has 0 fully saturated rings. The van der Waals surface area contributed by atoms with Crippen LogP contribution in [0, 0.1) is 0 Å². The molecule has 2 rings (SSSR count). The zero-order chi connectivity index (χ0) is 16.9. The van der Waals surface area contributed by atoms with Crippen LogP contribution in [0.3, 0.4) is 0 Å². The molecule has 23 heavy (non-hydrogen) atoms. The second-order valence-electron chi connectivity index (χ2n) is 4.25. The summed E-state index contributed by atoms with van der Waals surface area (Å²) in [5.74, 6) is -0.301. The highest BCUT2D eigenvalue weighted by Gasteiger charge is 2.27. The van der Waals surface area contributed by atoms with Gasteiger partial charge in [0.1, 0.15) is 12.3 Å². The standard InChI is InChI=1S/C13H12F3N3O3S/c1-21-9-5-3-2-4-8(9)11-18-19-12(22-11)23-6-10(20)17-7-13(14,15)16/h2-5H,6-7H2,1H3,(H,17,20). The molecule has 124 valence electrons. The highest BCUT2D eigenvalue weighted by molar-refractivity contribution is 7.99. The van der Waals surface area contributed by atoms with Crippen LogP contribution in [0.5, 0.6) is 5.75 Å². The predicted octanol–water partition coefficient (Wildman–Crippen LogP) is 2.52. The van der Waals surface area contributed by atoms with Gasteiger partial charge in [0.2, 0.25) is 5.91 Å². The molecule has 1 aromatic heterocycles. The Labute approximate surface area is 133 Å². The van der Waals surface area contributed by atoms with Crippen molar-refractivity contribution in [1.29, 1.82) is 0 Å². The van der Waals surface area contributed by atoms with Crippen molar-refractivity contribution >= 4 is 17.7 Å². The van der Waals surface area contributed by atoms with Crippen LogP contribution in [0.15, 0.2) is 33.9 Å². The summed E-state index contributed by atoms with van der Waals surface area (Å²) in [6.07, 6.45) is -4.44. The molecule has 10 heteroatoms. The van der Waals surface area contributed by atoms with Gasteiger partial charge in [0.25, 0.3) is 11.1 Å². The predicted molar refractivity (Wildman–Crippen MR) is 76.1 cm³/mol. The maximum atomic E-state index is 12.0. The Morgan fingerprint density at radius 2 is 2.09 bits per heavy atom. The van der Waals surface area contributed by atoms with Crippen LogP contribution < -0.4 is 10.1 Å². The molecule has 1 heterocycles. The van der Waals surface area contributed by atoms with Crippen molar-refractivity contribution in [1.82, 2.24) is 15.5 Å². The van der Waals surface area contributed by atoms with Gasteiger partial charge in [0, 0.05) is 0 Å². The molecular formula is C13H12F3N3O3S. The fraction of sp³-hybridized carbons (Fsp3) is 0.308. The molecule has 0 atom stereocenters. The first-order chi connectivity index (χ1) is 10.9. The molecular weight excluding hydrogens is 335 g/mol. The number of ether oxygens (including phenoxy) is 1. The van der Waals surface area contributed by atoms with Crippen LogP contribution in [-0.4, -0.2) is 41.7 Å². The van der Waals surface area contributed by atoms with Gasteiger partial charge in [-0.2, -0.15) is 13.2 Å². The van der Waals surface area contributed by atoms with Gasteiger partial charge in [-0.05, 0) is 12.1 Å². The Balaban J connectivity index is 1.94. The lowest BCUT2D eigenvalue weighted by Gasteiger charge is -2.07. The number of para-hydroxylation sites is 1. The summed E-state index contributed by atoms with van der Waals surface area (Å²) in [5, 5.41) is 9.40. The Morgan fingerprint density at radius 3 is 2.78 bits per heavy atom. The van der Waals surface area contributed by atoms with Crippen LogP contribution in [-0.2, 0) is 4.79 Å². The minimum atomic E-state index is -4.44. The van der Waals surface area contributed by atoms with Crippen molar-refractivity contribution in [2.75, 3.05) is 19.4 Å². The number of rotatable bonds is 6. The molecule has 6 nitrogen and oxygen atoms in total. The van der Waals surface area contributed by atoms with E-state index in [9.17, 15) is 18.0 Å². The highest BCUT2D eigenvalue weighted by Crippen LogP contribution is 2.30. The summed E-state index contributed by atoms with van der Waals surface area (Å²) in [5.41, 5.74) is 0.580. The van der Waals surface area contributed by atoms with Gasteiger partial charge in [-0.1, -0.05) is 23.9 Å². The number of hydrogen-bond donors (Lipinski definition) is 1. The molecule has 0 radical (unpaired) electrons. The Bertz CT molecular complexity index is 676. The summed E-state index contributed by atoms with van der Waals surface area (Å²) in [6, 6.07) is 6.98. The van der Waals surface area contributed by atoms with Crippen LogP contribution >= 0.6 is 11.8 Å². The van der Waals surface area contributed by atoms with Crippen LogP contribution in [0.25, 0.3) is 11.5 Å². The van der Waals surface area contributed by atoms with Crippen molar-refractivity contribution in [3.05, 3.63) is 24.3 Å². The number of halogens is 3. The zero-order valence-electron chi connectivity index (χ0n) is 11.9. The van der Waals surface area contributed by atoms with Crippen molar-refractivity contribution in [3.8, 4) is 17.2 Å². The average Bonchev–Trinajstić information content (AvgIpc) is 2.99. The molecule has 1 amide bonds. The lowest BCUT2D eigenvalue weighted by Crippen LogP contribution is -2.34. The molecule has 0 aliphatic carbocycles. The van der Waals surface area contributed by atoms with Gasteiger partial charge in [0.05, 0.1) is 18.4 Å². The first-order valence-corrected chi connectivity index (χ1v) is 7.31. The smallest absolute Gasteiger partial charge is 0.405 e. The van der Waals surface area contributed by atoms with Crippen molar-refractivity contribution in [3.63, 3.8) is 0 Å². The Morgan fingerprint density at radius 1 is 1.35 bits per heavy atom. The zero-order valence-corrected chi connectivity index (χ0v) is 12.7. The number of nitrogens with one attached hydrogen (secondary N) is 1. The minimum absolute atomic E-state index is 0.0769. The van der Waals surface area contributed by atoms with Crippen molar-refractivity contribution in [2.24, 2.45) is 0 Å². The van der Waals surface area contributed by atoms with E-state index in [0.29, 0.717) is 11.3 Å². The quantitative estimate of drug-likeness (QED) is 0.809. The molecule has 0 unspecified atom stereocenters. The van der Waals surface area contributed by atoms with E-state index in [1.807, 2.05) is 0 Å². The number of amides is 1. The molecule has 0 spiro atoms. The number of nitrogens with zero attached hydrogens (tertiary/aromatic N) is 2. The summed E-state index contributed by atoms with van der Waals surface area (Å²) < 4.78 is 46.4. The number of thioether (sulfide) groups is 1.